The van der Waals surface area contributed by atoms with Crippen LogP contribution in [0.2, 0.25) is 0 Å². The minimum Gasteiger partial charge on any atom is -0.444 e. The van der Waals surface area contributed by atoms with E-state index < -0.39 is 39.4 Å². The van der Waals surface area contributed by atoms with Gasteiger partial charge in [-0.05, 0) is 46.1 Å². The van der Waals surface area contributed by atoms with Crippen molar-refractivity contribution in [2.75, 3.05) is 0 Å². The van der Waals surface area contributed by atoms with Crippen molar-refractivity contribution in [3.8, 4) is 0 Å². The van der Waals surface area contributed by atoms with E-state index in [0.29, 0.717) is 12.8 Å². The Bertz CT molecular complexity index is 636. The Morgan fingerprint density at radius 3 is 2.38 bits per heavy atom. The molecule has 10 heteroatoms. The van der Waals surface area contributed by atoms with Gasteiger partial charge in [-0.15, -0.1) is 0 Å². The second kappa shape index (κ2) is 6.12. The molecule has 2 aliphatic heterocycles. The Morgan fingerprint density at radius 1 is 1.25 bits per heavy atom. The van der Waals surface area contributed by atoms with Crippen LogP contribution in [-0.4, -0.2) is 42.6 Å². The first-order chi connectivity index (χ1) is 10.8. The van der Waals surface area contributed by atoms with E-state index in [0.717, 1.165) is 6.42 Å². The third kappa shape index (κ3) is 4.14. The molecule has 2 aliphatic rings. The fourth-order valence-corrected chi connectivity index (χ4v) is 3.34. The van der Waals surface area contributed by atoms with Gasteiger partial charge in [-0.1, -0.05) is 0 Å². The van der Waals surface area contributed by atoms with Crippen molar-refractivity contribution in [2.24, 2.45) is 0 Å². The van der Waals surface area contributed by atoms with Gasteiger partial charge in [-0.25, -0.2) is 4.79 Å². The number of carbonyl (C=O) groups excluding carboxylic acids is 1. The molecule has 0 N–H and O–H groups in total. The Hall–Kier alpha value is -1.45. The van der Waals surface area contributed by atoms with Crippen LogP contribution in [0.5, 0.6) is 0 Å². The van der Waals surface area contributed by atoms with Crippen LogP contribution in [0.4, 0.5) is 18.0 Å². The van der Waals surface area contributed by atoms with Crippen molar-refractivity contribution < 1.29 is 35.3 Å². The molecule has 24 heavy (non-hydrogen) atoms. The summed E-state index contributed by atoms with van der Waals surface area (Å²) in [6.07, 6.45) is 2.45. The highest BCUT2D eigenvalue weighted by Crippen LogP contribution is 2.37. The van der Waals surface area contributed by atoms with Gasteiger partial charge in [0, 0.05) is 12.5 Å². The maximum Gasteiger partial charge on any atom is 0.534 e. The Kier molecular flexibility index (Phi) is 4.82. The monoisotopic (exact) mass is 371 g/mol. The number of amides is 1. The number of halogens is 3. The summed E-state index contributed by atoms with van der Waals surface area (Å²) in [5, 5.41) is 0. The van der Waals surface area contributed by atoms with E-state index in [-0.39, 0.29) is 12.2 Å². The molecule has 2 unspecified atom stereocenters. The predicted octanol–water partition coefficient (Wildman–Crippen LogP) is 3.30. The highest BCUT2D eigenvalue weighted by atomic mass is 32.2. The average molecular weight is 371 g/mol. The minimum absolute atomic E-state index is 0.0922. The van der Waals surface area contributed by atoms with E-state index in [1.165, 1.54) is 11.0 Å². The summed E-state index contributed by atoms with van der Waals surface area (Å²) in [5.41, 5.74) is -6.18. The molecule has 2 atom stereocenters. The molecule has 0 aromatic heterocycles. The third-order valence-corrected chi connectivity index (χ3v) is 4.71. The van der Waals surface area contributed by atoms with Crippen LogP contribution >= 0.6 is 0 Å². The number of carbonyl (C=O) groups is 1. The molecule has 0 aliphatic carbocycles. The number of hydrogen-bond donors (Lipinski definition) is 0. The van der Waals surface area contributed by atoms with E-state index in [2.05, 4.69) is 4.18 Å². The molecule has 138 valence electrons. The van der Waals surface area contributed by atoms with Gasteiger partial charge in [0.2, 0.25) is 0 Å². The van der Waals surface area contributed by atoms with Gasteiger partial charge in [0.25, 0.3) is 0 Å². The Labute approximate surface area is 138 Å². The summed E-state index contributed by atoms with van der Waals surface area (Å²) >= 11 is 0. The SMILES string of the molecule is CC(C)(C)OC(=O)N1C2C=C(OS(=O)(=O)C(F)(F)F)CC1CCC2. The van der Waals surface area contributed by atoms with E-state index in [1.54, 1.807) is 20.8 Å². The van der Waals surface area contributed by atoms with Crippen molar-refractivity contribution in [1.82, 2.24) is 4.90 Å². The Balaban J connectivity index is 2.20. The molecule has 2 rings (SSSR count). The Morgan fingerprint density at radius 2 is 1.88 bits per heavy atom. The number of fused-ring (bicyclic) bond motifs is 2. The molecule has 0 saturated carbocycles. The van der Waals surface area contributed by atoms with Crippen LogP contribution < -0.4 is 0 Å². The summed E-state index contributed by atoms with van der Waals surface area (Å²) in [7, 11) is -5.70. The smallest absolute Gasteiger partial charge is 0.444 e. The van der Waals surface area contributed by atoms with Crippen molar-refractivity contribution in [3.63, 3.8) is 0 Å². The fraction of sp³-hybridized carbons (Fsp3) is 0.786. The average Bonchev–Trinajstić information content (AvgIpc) is 2.33. The van der Waals surface area contributed by atoms with Crippen LogP contribution in [0.15, 0.2) is 11.8 Å². The maximum absolute atomic E-state index is 12.4. The highest BCUT2D eigenvalue weighted by Gasteiger charge is 2.50. The van der Waals surface area contributed by atoms with Crippen molar-refractivity contribution in [3.05, 3.63) is 11.8 Å². The highest BCUT2D eigenvalue weighted by molar-refractivity contribution is 7.87. The molecule has 0 radical (unpaired) electrons. The lowest BCUT2D eigenvalue weighted by molar-refractivity contribution is -0.0532. The van der Waals surface area contributed by atoms with Crippen molar-refractivity contribution >= 4 is 16.2 Å². The molecule has 1 fully saturated rings. The standard InChI is InChI=1S/C14H20F3NO5S/c1-13(2,3)22-12(19)18-9-5-4-6-10(18)8-11(7-9)23-24(20,21)14(15,16)17/h7,9-10H,4-6,8H2,1-3H3. The lowest BCUT2D eigenvalue weighted by Gasteiger charge is -2.44. The van der Waals surface area contributed by atoms with Crippen LogP contribution in [0.3, 0.4) is 0 Å². The number of rotatable bonds is 2. The first-order valence-corrected chi connectivity index (χ1v) is 8.94. The van der Waals surface area contributed by atoms with Crippen molar-refractivity contribution in [1.29, 1.82) is 0 Å². The molecule has 2 heterocycles. The first-order valence-electron chi connectivity index (χ1n) is 7.53. The number of nitrogens with zero attached hydrogens (tertiary/aromatic N) is 1. The van der Waals surface area contributed by atoms with Gasteiger partial charge in [-0.3, -0.25) is 4.90 Å². The lowest BCUT2D eigenvalue weighted by Crippen LogP contribution is -2.53. The summed E-state index contributed by atoms with van der Waals surface area (Å²) in [4.78, 5) is 13.8. The first kappa shape index (κ1) is 18.9. The predicted molar refractivity (Wildman–Crippen MR) is 78.3 cm³/mol. The van der Waals surface area contributed by atoms with Gasteiger partial charge in [0.05, 0.1) is 6.04 Å². The molecule has 1 saturated heterocycles. The zero-order valence-electron chi connectivity index (χ0n) is 13.6. The molecular formula is C14H20F3NO5S. The number of piperidine rings is 1. The normalized spacial score (nSPS) is 25.1. The second-order valence-corrected chi connectivity index (χ2v) is 8.40. The molecule has 0 aromatic rings. The summed E-state index contributed by atoms with van der Waals surface area (Å²) in [6, 6.07) is -0.979. The van der Waals surface area contributed by atoms with Gasteiger partial charge in [0.15, 0.2) is 0 Å². The van der Waals surface area contributed by atoms with Gasteiger partial charge >= 0.3 is 21.7 Å². The molecule has 1 amide bonds. The van der Waals surface area contributed by atoms with Gasteiger partial charge < -0.3 is 8.92 Å². The molecule has 6 nitrogen and oxygen atoms in total. The van der Waals surface area contributed by atoms with E-state index in [4.69, 9.17) is 4.74 Å². The summed E-state index contributed by atoms with van der Waals surface area (Å²) in [6.45, 7) is 5.14. The topological polar surface area (TPSA) is 72.9 Å². The summed E-state index contributed by atoms with van der Waals surface area (Å²) < 4.78 is 69.2. The number of hydrogen-bond acceptors (Lipinski definition) is 5. The van der Waals surface area contributed by atoms with Crippen LogP contribution in [0.25, 0.3) is 0 Å². The molecule has 0 spiro atoms. The van der Waals surface area contributed by atoms with Crippen molar-refractivity contribution in [2.45, 2.75) is 69.6 Å². The zero-order valence-corrected chi connectivity index (χ0v) is 14.4. The fourth-order valence-electron chi connectivity index (χ4n) is 2.84. The zero-order chi connectivity index (χ0) is 18.3. The summed E-state index contributed by atoms with van der Waals surface area (Å²) in [5.74, 6) is -0.276. The van der Waals surface area contributed by atoms with Gasteiger partial charge in [0.1, 0.15) is 11.4 Å². The molecular weight excluding hydrogens is 351 g/mol. The molecule has 0 aromatic carbocycles. The minimum atomic E-state index is -5.70. The van der Waals surface area contributed by atoms with Crippen LogP contribution in [-0.2, 0) is 19.0 Å². The number of alkyl halides is 3. The van der Waals surface area contributed by atoms with Crippen LogP contribution in [0, 0.1) is 0 Å². The second-order valence-electron chi connectivity index (χ2n) is 6.86. The maximum atomic E-state index is 12.4. The number of ether oxygens (including phenoxy) is 1. The lowest BCUT2D eigenvalue weighted by atomic mass is 9.88. The van der Waals surface area contributed by atoms with Gasteiger partial charge in [-0.2, -0.15) is 21.6 Å². The third-order valence-electron chi connectivity index (χ3n) is 3.71. The van der Waals surface area contributed by atoms with Crippen LogP contribution in [0.1, 0.15) is 46.5 Å². The molecule has 2 bridgehead atoms. The van der Waals surface area contributed by atoms with E-state index in [1.807, 2.05) is 0 Å². The van der Waals surface area contributed by atoms with E-state index >= 15 is 0 Å². The quantitative estimate of drug-likeness (QED) is 0.550. The largest absolute Gasteiger partial charge is 0.534 e. The van der Waals surface area contributed by atoms with E-state index in [9.17, 15) is 26.4 Å².